The summed E-state index contributed by atoms with van der Waals surface area (Å²) in [6.45, 7) is 6.13. The van der Waals surface area contributed by atoms with Crippen molar-refractivity contribution in [2.75, 3.05) is 5.32 Å². The van der Waals surface area contributed by atoms with E-state index in [2.05, 4.69) is 53.4 Å². The zero-order valence-corrected chi connectivity index (χ0v) is 13.4. The molecule has 0 fully saturated rings. The van der Waals surface area contributed by atoms with Crippen LogP contribution in [-0.2, 0) is 12.8 Å². The molecule has 4 heteroatoms. The van der Waals surface area contributed by atoms with Gasteiger partial charge in [0.25, 0.3) is 0 Å². The molecule has 1 aromatic carbocycles. The van der Waals surface area contributed by atoms with Gasteiger partial charge in [-0.3, -0.25) is 0 Å². The number of fused-ring (bicyclic) bond motifs is 1. The van der Waals surface area contributed by atoms with Gasteiger partial charge >= 0.3 is 0 Å². The number of hydrogen-bond acceptors (Lipinski definition) is 3. The third kappa shape index (κ3) is 2.88. The van der Waals surface area contributed by atoms with E-state index in [4.69, 9.17) is 11.6 Å². The van der Waals surface area contributed by atoms with Crippen molar-refractivity contribution in [2.45, 2.75) is 45.6 Å². The van der Waals surface area contributed by atoms with Gasteiger partial charge in [0.15, 0.2) is 0 Å². The molecule has 1 heterocycles. The van der Waals surface area contributed by atoms with Gasteiger partial charge in [0, 0.05) is 17.5 Å². The van der Waals surface area contributed by atoms with Gasteiger partial charge in [0.1, 0.15) is 16.8 Å². The smallest absolute Gasteiger partial charge is 0.137 e. The standard InChI is InChI=1S/C17H20ClN3/c1-10(2)16-20-15(18)11(3)17(21-16)19-14-8-12-6-4-5-7-13(12)9-14/h4-7,10,14H,8-9H2,1-3H3,(H,19,20,21). The number of aromatic nitrogens is 2. The first-order chi connectivity index (χ1) is 10.0. The van der Waals surface area contributed by atoms with E-state index in [0.29, 0.717) is 11.2 Å². The average Bonchev–Trinajstić information content (AvgIpc) is 2.85. The van der Waals surface area contributed by atoms with E-state index in [9.17, 15) is 0 Å². The lowest BCUT2D eigenvalue weighted by molar-refractivity contribution is 0.742. The first kappa shape index (κ1) is 14.3. The molecule has 3 rings (SSSR count). The highest BCUT2D eigenvalue weighted by molar-refractivity contribution is 6.30. The normalized spacial score (nSPS) is 14.5. The van der Waals surface area contributed by atoms with Crippen LogP contribution in [0.15, 0.2) is 24.3 Å². The fourth-order valence-corrected chi connectivity index (χ4v) is 2.93. The molecular weight excluding hydrogens is 282 g/mol. The highest BCUT2D eigenvalue weighted by Crippen LogP contribution is 2.27. The summed E-state index contributed by atoms with van der Waals surface area (Å²) in [5.74, 6) is 1.93. The molecule has 0 atom stereocenters. The molecule has 0 radical (unpaired) electrons. The van der Waals surface area contributed by atoms with Crippen LogP contribution in [0.25, 0.3) is 0 Å². The molecule has 0 spiro atoms. The number of hydrogen-bond donors (Lipinski definition) is 1. The predicted octanol–water partition coefficient (Wildman–Crippen LogP) is 4.14. The molecule has 21 heavy (non-hydrogen) atoms. The van der Waals surface area contributed by atoms with Crippen molar-refractivity contribution >= 4 is 17.4 Å². The predicted molar refractivity (Wildman–Crippen MR) is 87.1 cm³/mol. The lowest BCUT2D eigenvalue weighted by Gasteiger charge is -2.17. The van der Waals surface area contributed by atoms with Gasteiger partial charge in [-0.1, -0.05) is 49.7 Å². The van der Waals surface area contributed by atoms with Crippen LogP contribution in [0.3, 0.4) is 0 Å². The number of halogens is 1. The molecule has 1 aromatic heterocycles. The summed E-state index contributed by atoms with van der Waals surface area (Å²) >= 11 is 6.25. The summed E-state index contributed by atoms with van der Waals surface area (Å²) in [6.07, 6.45) is 2.07. The molecule has 0 saturated carbocycles. The lowest BCUT2D eigenvalue weighted by Crippen LogP contribution is -2.21. The minimum atomic E-state index is 0.268. The number of rotatable bonds is 3. The molecule has 0 unspecified atom stereocenters. The molecular formula is C17H20ClN3. The third-order valence-electron chi connectivity index (χ3n) is 4.01. The van der Waals surface area contributed by atoms with Crippen molar-refractivity contribution in [1.29, 1.82) is 0 Å². The van der Waals surface area contributed by atoms with Crippen molar-refractivity contribution in [3.63, 3.8) is 0 Å². The quantitative estimate of drug-likeness (QED) is 0.866. The maximum atomic E-state index is 6.25. The average molecular weight is 302 g/mol. The molecule has 1 N–H and O–H groups in total. The Hall–Kier alpha value is -1.61. The van der Waals surface area contributed by atoms with E-state index in [1.54, 1.807) is 0 Å². The minimum Gasteiger partial charge on any atom is -0.366 e. The molecule has 0 amide bonds. The molecule has 1 aliphatic rings. The summed E-state index contributed by atoms with van der Waals surface area (Å²) in [4.78, 5) is 9.01. The molecule has 110 valence electrons. The second-order valence-electron chi connectivity index (χ2n) is 6.02. The van der Waals surface area contributed by atoms with Gasteiger partial charge < -0.3 is 5.32 Å². The van der Waals surface area contributed by atoms with Crippen LogP contribution in [-0.4, -0.2) is 16.0 Å². The zero-order valence-electron chi connectivity index (χ0n) is 12.7. The first-order valence-electron chi connectivity index (χ1n) is 7.42. The maximum absolute atomic E-state index is 6.25. The number of benzene rings is 1. The van der Waals surface area contributed by atoms with E-state index in [1.807, 2.05) is 6.92 Å². The van der Waals surface area contributed by atoms with Crippen LogP contribution in [0.5, 0.6) is 0 Å². The number of nitrogens with one attached hydrogen (secondary N) is 1. The van der Waals surface area contributed by atoms with E-state index in [1.165, 1.54) is 11.1 Å². The van der Waals surface area contributed by atoms with Gasteiger partial charge in [0.2, 0.25) is 0 Å². The first-order valence-corrected chi connectivity index (χ1v) is 7.79. The van der Waals surface area contributed by atoms with E-state index >= 15 is 0 Å². The zero-order chi connectivity index (χ0) is 15.0. The third-order valence-corrected chi connectivity index (χ3v) is 4.38. The van der Waals surface area contributed by atoms with Crippen molar-refractivity contribution in [3.8, 4) is 0 Å². The van der Waals surface area contributed by atoms with Crippen LogP contribution < -0.4 is 5.32 Å². The Morgan fingerprint density at radius 2 is 1.76 bits per heavy atom. The van der Waals surface area contributed by atoms with Gasteiger partial charge in [-0.25, -0.2) is 9.97 Å². The Morgan fingerprint density at radius 3 is 2.33 bits per heavy atom. The molecule has 0 aliphatic heterocycles. The highest BCUT2D eigenvalue weighted by atomic mass is 35.5. The van der Waals surface area contributed by atoms with Gasteiger partial charge in [-0.15, -0.1) is 0 Å². The van der Waals surface area contributed by atoms with E-state index in [0.717, 1.165) is 30.0 Å². The maximum Gasteiger partial charge on any atom is 0.137 e. The largest absolute Gasteiger partial charge is 0.366 e. The Kier molecular flexibility index (Phi) is 3.85. The van der Waals surface area contributed by atoms with Gasteiger partial charge in [0.05, 0.1) is 0 Å². The molecule has 0 saturated heterocycles. The van der Waals surface area contributed by atoms with Crippen LogP contribution in [0.2, 0.25) is 5.15 Å². The second-order valence-corrected chi connectivity index (χ2v) is 6.38. The van der Waals surface area contributed by atoms with E-state index < -0.39 is 0 Å². The molecule has 3 nitrogen and oxygen atoms in total. The summed E-state index contributed by atoms with van der Waals surface area (Å²) in [5, 5.41) is 4.10. The fraction of sp³-hybridized carbons (Fsp3) is 0.412. The number of nitrogens with zero attached hydrogens (tertiary/aromatic N) is 2. The summed E-state index contributed by atoms with van der Waals surface area (Å²) < 4.78 is 0. The summed E-state index contributed by atoms with van der Waals surface area (Å²) in [6, 6.07) is 9.00. The van der Waals surface area contributed by atoms with Crippen molar-refractivity contribution in [2.24, 2.45) is 0 Å². The Balaban J connectivity index is 1.83. The van der Waals surface area contributed by atoms with Crippen LogP contribution in [0.4, 0.5) is 5.82 Å². The van der Waals surface area contributed by atoms with Crippen molar-refractivity contribution < 1.29 is 0 Å². The van der Waals surface area contributed by atoms with Gasteiger partial charge in [-0.2, -0.15) is 0 Å². The monoisotopic (exact) mass is 301 g/mol. The van der Waals surface area contributed by atoms with Crippen LogP contribution >= 0.6 is 11.6 Å². The van der Waals surface area contributed by atoms with Gasteiger partial charge in [-0.05, 0) is 30.9 Å². The highest BCUT2D eigenvalue weighted by Gasteiger charge is 2.22. The lowest BCUT2D eigenvalue weighted by atomic mass is 10.1. The van der Waals surface area contributed by atoms with Crippen molar-refractivity contribution in [3.05, 3.63) is 51.9 Å². The van der Waals surface area contributed by atoms with Crippen LogP contribution in [0.1, 0.15) is 42.3 Å². The summed E-state index contributed by atoms with van der Waals surface area (Å²) in [5.41, 5.74) is 3.78. The Labute approximate surface area is 130 Å². The Bertz CT molecular complexity index is 642. The SMILES string of the molecule is Cc1c(Cl)nc(C(C)C)nc1NC1Cc2ccccc2C1. The Morgan fingerprint density at radius 1 is 1.14 bits per heavy atom. The molecule has 1 aliphatic carbocycles. The fourth-order valence-electron chi connectivity index (χ4n) is 2.76. The number of anilines is 1. The van der Waals surface area contributed by atoms with Crippen molar-refractivity contribution in [1.82, 2.24) is 9.97 Å². The van der Waals surface area contributed by atoms with Crippen LogP contribution in [0, 0.1) is 6.92 Å². The second kappa shape index (κ2) is 5.64. The van der Waals surface area contributed by atoms with E-state index in [-0.39, 0.29) is 5.92 Å². The molecule has 2 aromatic rings. The topological polar surface area (TPSA) is 37.8 Å². The summed E-state index contributed by atoms with van der Waals surface area (Å²) in [7, 11) is 0. The molecule has 0 bridgehead atoms. The minimum absolute atomic E-state index is 0.268.